The number of anilines is 1. The Bertz CT molecular complexity index is 394. The Morgan fingerprint density at radius 3 is 2.75 bits per heavy atom. The number of benzene rings is 1. The summed E-state index contributed by atoms with van der Waals surface area (Å²) in [5, 5.41) is 3.41. The second-order valence-corrected chi connectivity index (χ2v) is 4.65. The van der Waals surface area contributed by atoms with E-state index in [0.717, 1.165) is 19.3 Å². The van der Waals surface area contributed by atoms with E-state index in [1.165, 1.54) is 0 Å². The molecule has 1 aromatic carbocycles. The van der Waals surface area contributed by atoms with Gasteiger partial charge in [0.2, 0.25) is 5.91 Å². The van der Waals surface area contributed by atoms with Gasteiger partial charge in [-0.1, -0.05) is 23.7 Å². The lowest BCUT2D eigenvalue weighted by molar-refractivity contribution is -0.119. The van der Waals surface area contributed by atoms with E-state index in [0.29, 0.717) is 10.7 Å². The van der Waals surface area contributed by atoms with Gasteiger partial charge in [-0.3, -0.25) is 4.79 Å². The fourth-order valence-electron chi connectivity index (χ4n) is 2.05. The summed E-state index contributed by atoms with van der Waals surface area (Å²) >= 11 is 5.96. The lowest BCUT2D eigenvalue weighted by atomic mass is 10.1. The summed E-state index contributed by atoms with van der Waals surface area (Å²) in [5.41, 5.74) is 6.46. The van der Waals surface area contributed by atoms with Crippen LogP contribution in [0.5, 0.6) is 0 Å². The van der Waals surface area contributed by atoms with Crippen molar-refractivity contribution in [3.05, 3.63) is 29.3 Å². The van der Waals surface area contributed by atoms with Crippen LogP contribution in [0.25, 0.3) is 0 Å². The molecule has 1 saturated carbocycles. The number of halogens is 1. The van der Waals surface area contributed by atoms with Crippen molar-refractivity contribution in [1.82, 2.24) is 0 Å². The van der Waals surface area contributed by atoms with Crippen LogP contribution in [0.2, 0.25) is 5.02 Å². The van der Waals surface area contributed by atoms with Crippen LogP contribution in [-0.4, -0.2) is 11.9 Å². The predicted molar refractivity (Wildman–Crippen MR) is 65.4 cm³/mol. The number of carbonyl (C=O) groups excluding carboxylic acids is 1. The highest BCUT2D eigenvalue weighted by atomic mass is 35.5. The number of rotatable bonds is 2. The second-order valence-electron chi connectivity index (χ2n) is 4.24. The van der Waals surface area contributed by atoms with Gasteiger partial charge < -0.3 is 11.1 Å². The highest BCUT2D eigenvalue weighted by molar-refractivity contribution is 6.33. The number of nitrogens with one attached hydrogen (secondary N) is 1. The molecule has 86 valence electrons. The highest BCUT2D eigenvalue weighted by Gasteiger charge is 2.27. The average molecular weight is 239 g/mol. The summed E-state index contributed by atoms with van der Waals surface area (Å²) in [7, 11) is 0. The van der Waals surface area contributed by atoms with Gasteiger partial charge in [0.05, 0.1) is 10.7 Å². The summed E-state index contributed by atoms with van der Waals surface area (Å²) in [4.78, 5) is 11.9. The number of amides is 1. The van der Waals surface area contributed by atoms with E-state index < -0.39 is 0 Å². The van der Waals surface area contributed by atoms with Crippen LogP contribution in [0.4, 0.5) is 5.69 Å². The van der Waals surface area contributed by atoms with Crippen LogP contribution in [0.15, 0.2) is 24.3 Å². The first-order valence-corrected chi connectivity index (χ1v) is 5.85. The molecule has 3 nitrogen and oxygen atoms in total. The molecule has 0 heterocycles. The van der Waals surface area contributed by atoms with Gasteiger partial charge in [-0.2, -0.15) is 0 Å². The smallest absolute Gasteiger partial charge is 0.227 e. The van der Waals surface area contributed by atoms with Crippen molar-refractivity contribution in [1.29, 1.82) is 0 Å². The van der Waals surface area contributed by atoms with E-state index in [-0.39, 0.29) is 17.9 Å². The van der Waals surface area contributed by atoms with Crippen LogP contribution in [0.3, 0.4) is 0 Å². The number of hydrogen-bond acceptors (Lipinski definition) is 2. The van der Waals surface area contributed by atoms with Gasteiger partial charge in [0.1, 0.15) is 0 Å². The molecule has 0 aromatic heterocycles. The van der Waals surface area contributed by atoms with E-state index in [1.54, 1.807) is 12.1 Å². The van der Waals surface area contributed by atoms with Crippen molar-refractivity contribution in [2.75, 3.05) is 5.32 Å². The topological polar surface area (TPSA) is 55.1 Å². The maximum absolute atomic E-state index is 11.9. The molecule has 1 aromatic rings. The molecule has 2 atom stereocenters. The zero-order chi connectivity index (χ0) is 11.5. The monoisotopic (exact) mass is 238 g/mol. The normalized spacial score (nSPS) is 24.4. The molecule has 3 N–H and O–H groups in total. The van der Waals surface area contributed by atoms with Gasteiger partial charge >= 0.3 is 0 Å². The van der Waals surface area contributed by atoms with Gasteiger partial charge in [-0.05, 0) is 31.4 Å². The van der Waals surface area contributed by atoms with Crippen molar-refractivity contribution in [3.63, 3.8) is 0 Å². The number of para-hydroxylation sites is 1. The molecule has 1 aliphatic carbocycles. The third-order valence-corrected chi connectivity index (χ3v) is 3.31. The first-order valence-electron chi connectivity index (χ1n) is 5.48. The van der Waals surface area contributed by atoms with Crippen molar-refractivity contribution in [2.45, 2.75) is 25.3 Å². The molecule has 0 radical (unpaired) electrons. The SMILES string of the molecule is NC1CCC(C(=O)Nc2ccccc2Cl)C1. The lowest BCUT2D eigenvalue weighted by Crippen LogP contribution is -2.23. The molecule has 0 aliphatic heterocycles. The van der Waals surface area contributed by atoms with Crippen LogP contribution in [-0.2, 0) is 4.79 Å². The Hall–Kier alpha value is -1.06. The van der Waals surface area contributed by atoms with Crippen LogP contribution < -0.4 is 11.1 Å². The van der Waals surface area contributed by atoms with E-state index in [9.17, 15) is 4.79 Å². The molecule has 1 aliphatic rings. The molecule has 1 fully saturated rings. The number of nitrogens with two attached hydrogens (primary N) is 1. The van der Waals surface area contributed by atoms with Crippen LogP contribution >= 0.6 is 11.6 Å². The van der Waals surface area contributed by atoms with Crippen LogP contribution in [0, 0.1) is 5.92 Å². The maximum atomic E-state index is 11.9. The molecule has 0 spiro atoms. The Morgan fingerprint density at radius 1 is 1.38 bits per heavy atom. The Kier molecular flexibility index (Phi) is 3.46. The van der Waals surface area contributed by atoms with E-state index in [1.807, 2.05) is 12.1 Å². The average Bonchev–Trinajstić information content (AvgIpc) is 2.68. The first-order chi connectivity index (χ1) is 7.66. The second kappa shape index (κ2) is 4.85. The van der Waals surface area contributed by atoms with Gasteiger partial charge in [0, 0.05) is 12.0 Å². The van der Waals surface area contributed by atoms with E-state index in [4.69, 9.17) is 17.3 Å². The quantitative estimate of drug-likeness (QED) is 0.831. The first kappa shape index (κ1) is 11.4. The molecule has 4 heteroatoms. The third kappa shape index (κ3) is 2.54. The fraction of sp³-hybridized carbons (Fsp3) is 0.417. The zero-order valence-electron chi connectivity index (χ0n) is 8.95. The van der Waals surface area contributed by atoms with E-state index >= 15 is 0 Å². The van der Waals surface area contributed by atoms with Crippen molar-refractivity contribution in [3.8, 4) is 0 Å². The molecule has 2 unspecified atom stereocenters. The molecular formula is C12H15ClN2O. The third-order valence-electron chi connectivity index (χ3n) is 2.98. The standard InChI is InChI=1S/C12H15ClN2O/c13-10-3-1-2-4-11(10)15-12(16)8-5-6-9(14)7-8/h1-4,8-9H,5-7,14H2,(H,15,16). The summed E-state index contributed by atoms with van der Waals surface area (Å²) in [6.07, 6.45) is 2.58. The molecule has 16 heavy (non-hydrogen) atoms. The summed E-state index contributed by atoms with van der Waals surface area (Å²) in [5.74, 6) is 0.0623. The largest absolute Gasteiger partial charge is 0.328 e. The van der Waals surface area contributed by atoms with Gasteiger partial charge in [-0.25, -0.2) is 0 Å². The number of carbonyl (C=O) groups is 1. The molecular weight excluding hydrogens is 224 g/mol. The number of hydrogen-bond donors (Lipinski definition) is 2. The minimum absolute atomic E-state index is 0.0288. The van der Waals surface area contributed by atoms with Crippen LogP contribution in [0.1, 0.15) is 19.3 Å². The predicted octanol–water partition coefficient (Wildman–Crippen LogP) is 2.41. The summed E-state index contributed by atoms with van der Waals surface area (Å²) in [6.45, 7) is 0. The minimum atomic E-state index is 0.0288. The van der Waals surface area contributed by atoms with Crippen molar-refractivity contribution >= 4 is 23.2 Å². The van der Waals surface area contributed by atoms with Gasteiger partial charge in [0.25, 0.3) is 0 Å². The zero-order valence-corrected chi connectivity index (χ0v) is 9.70. The Labute approximate surface area is 100.0 Å². The molecule has 2 rings (SSSR count). The highest BCUT2D eigenvalue weighted by Crippen LogP contribution is 2.27. The van der Waals surface area contributed by atoms with Gasteiger partial charge in [-0.15, -0.1) is 0 Å². The van der Waals surface area contributed by atoms with Crippen molar-refractivity contribution < 1.29 is 4.79 Å². The lowest BCUT2D eigenvalue weighted by Gasteiger charge is -2.11. The summed E-state index contributed by atoms with van der Waals surface area (Å²) < 4.78 is 0. The Balaban J connectivity index is 2.00. The maximum Gasteiger partial charge on any atom is 0.227 e. The fourth-order valence-corrected chi connectivity index (χ4v) is 2.23. The Morgan fingerprint density at radius 2 is 2.12 bits per heavy atom. The van der Waals surface area contributed by atoms with Gasteiger partial charge in [0.15, 0.2) is 0 Å². The van der Waals surface area contributed by atoms with E-state index in [2.05, 4.69) is 5.32 Å². The minimum Gasteiger partial charge on any atom is -0.328 e. The molecule has 0 bridgehead atoms. The molecule has 1 amide bonds. The molecule has 0 saturated heterocycles. The van der Waals surface area contributed by atoms with Crippen molar-refractivity contribution in [2.24, 2.45) is 11.7 Å². The summed E-state index contributed by atoms with van der Waals surface area (Å²) in [6, 6.07) is 7.42.